The van der Waals surface area contributed by atoms with E-state index in [2.05, 4.69) is 39.8 Å². The summed E-state index contributed by atoms with van der Waals surface area (Å²) in [7, 11) is 0. The van der Waals surface area contributed by atoms with Crippen LogP contribution in [0.25, 0.3) is 0 Å². The molecule has 0 fully saturated rings. The van der Waals surface area contributed by atoms with E-state index in [0.29, 0.717) is 5.92 Å². The van der Waals surface area contributed by atoms with Gasteiger partial charge in [0.05, 0.1) is 6.10 Å². The van der Waals surface area contributed by atoms with E-state index >= 15 is 0 Å². The molecule has 1 rings (SSSR count). The number of benzene rings is 1. The smallest absolute Gasteiger partial charge is 0.0517 e. The number of hydrogen-bond donors (Lipinski definition) is 1. The predicted molar refractivity (Wildman–Crippen MR) is 65.4 cm³/mol. The molecule has 0 bridgehead atoms. The normalized spacial score (nSPS) is 15.1. The van der Waals surface area contributed by atoms with Crippen LogP contribution in [0.4, 0.5) is 0 Å². The van der Waals surface area contributed by atoms with Crippen LogP contribution in [0.5, 0.6) is 0 Å². The SMILES string of the molecule is Cc1cc(C)c(C(C)CC(C)O)cc1C. The van der Waals surface area contributed by atoms with Crippen molar-refractivity contribution >= 4 is 0 Å². The summed E-state index contributed by atoms with van der Waals surface area (Å²) in [6, 6.07) is 4.50. The average molecular weight is 206 g/mol. The van der Waals surface area contributed by atoms with Gasteiger partial charge in [-0.05, 0) is 62.3 Å². The molecule has 1 nitrogen and oxygen atoms in total. The number of aryl methyl sites for hydroxylation is 3. The fourth-order valence-corrected chi connectivity index (χ4v) is 2.15. The third-order valence-electron chi connectivity index (χ3n) is 3.11. The summed E-state index contributed by atoms with van der Waals surface area (Å²) in [5.41, 5.74) is 5.40. The van der Waals surface area contributed by atoms with E-state index in [1.807, 2.05) is 6.92 Å². The molecule has 2 unspecified atom stereocenters. The first-order valence-electron chi connectivity index (χ1n) is 5.67. The van der Waals surface area contributed by atoms with E-state index in [9.17, 15) is 5.11 Å². The molecular weight excluding hydrogens is 184 g/mol. The lowest BCUT2D eigenvalue weighted by Gasteiger charge is -2.18. The summed E-state index contributed by atoms with van der Waals surface area (Å²) in [5.74, 6) is 0.435. The zero-order valence-electron chi connectivity index (χ0n) is 10.5. The van der Waals surface area contributed by atoms with E-state index in [-0.39, 0.29) is 6.10 Å². The molecule has 0 radical (unpaired) electrons. The Morgan fingerprint density at radius 2 is 1.53 bits per heavy atom. The van der Waals surface area contributed by atoms with Gasteiger partial charge in [0.25, 0.3) is 0 Å². The van der Waals surface area contributed by atoms with Gasteiger partial charge >= 0.3 is 0 Å². The van der Waals surface area contributed by atoms with Crippen molar-refractivity contribution in [3.8, 4) is 0 Å². The minimum Gasteiger partial charge on any atom is -0.393 e. The zero-order chi connectivity index (χ0) is 11.6. The van der Waals surface area contributed by atoms with Gasteiger partial charge < -0.3 is 5.11 Å². The van der Waals surface area contributed by atoms with Gasteiger partial charge in [0.1, 0.15) is 0 Å². The molecule has 0 amide bonds. The van der Waals surface area contributed by atoms with E-state index in [4.69, 9.17) is 0 Å². The number of rotatable bonds is 3. The molecule has 0 saturated carbocycles. The highest BCUT2D eigenvalue weighted by Gasteiger charge is 2.12. The molecule has 0 spiro atoms. The number of hydrogen-bond acceptors (Lipinski definition) is 1. The van der Waals surface area contributed by atoms with Crippen LogP contribution < -0.4 is 0 Å². The maximum absolute atomic E-state index is 9.40. The lowest BCUT2D eigenvalue weighted by molar-refractivity contribution is 0.176. The Labute approximate surface area is 93.1 Å². The van der Waals surface area contributed by atoms with E-state index < -0.39 is 0 Å². The molecule has 0 aliphatic rings. The summed E-state index contributed by atoms with van der Waals surface area (Å²) >= 11 is 0. The average Bonchev–Trinajstić information content (AvgIpc) is 2.09. The second-order valence-electron chi connectivity index (χ2n) is 4.78. The summed E-state index contributed by atoms with van der Waals surface area (Å²) in [5, 5.41) is 9.40. The highest BCUT2D eigenvalue weighted by atomic mass is 16.3. The Hall–Kier alpha value is -0.820. The molecule has 2 atom stereocenters. The Kier molecular flexibility index (Phi) is 3.92. The monoisotopic (exact) mass is 206 g/mol. The molecule has 0 aromatic heterocycles. The molecule has 0 aliphatic heterocycles. The molecule has 84 valence electrons. The standard InChI is InChI=1S/C14H22O/c1-9-6-11(3)14(8-10(9)2)12(4)7-13(5)15/h6,8,12-13,15H,7H2,1-5H3. The maximum atomic E-state index is 9.40. The molecule has 0 saturated heterocycles. The second kappa shape index (κ2) is 4.80. The highest BCUT2D eigenvalue weighted by Crippen LogP contribution is 2.26. The first-order chi connectivity index (χ1) is 6.91. The predicted octanol–water partition coefficient (Wildman–Crippen LogP) is 3.49. The summed E-state index contributed by atoms with van der Waals surface area (Å²) < 4.78 is 0. The Morgan fingerprint density at radius 3 is 2.07 bits per heavy atom. The van der Waals surface area contributed by atoms with Crippen LogP contribution in [0, 0.1) is 20.8 Å². The largest absolute Gasteiger partial charge is 0.393 e. The molecular formula is C14H22O. The Morgan fingerprint density at radius 1 is 1.00 bits per heavy atom. The molecule has 1 heteroatoms. The van der Waals surface area contributed by atoms with Crippen LogP contribution in [0.3, 0.4) is 0 Å². The lowest BCUT2D eigenvalue weighted by atomic mass is 9.89. The fourth-order valence-electron chi connectivity index (χ4n) is 2.15. The van der Waals surface area contributed by atoms with Crippen molar-refractivity contribution < 1.29 is 5.11 Å². The molecule has 1 N–H and O–H groups in total. The van der Waals surface area contributed by atoms with Gasteiger partial charge in [-0.1, -0.05) is 19.1 Å². The van der Waals surface area contributed by atoms with Crippen molar-refractivity contribution in [2.45, 2.75) is 53.1 Å². The summed E-state index contributed by atoms with van der Waals surface area (Å²) in [4.78, 5) is 0. The van der Waals surface area contributed by atoms with Gasteiger partial charge in [-0.15, -0.1) is 0 Å². The molecule has 0 heterocycles. The van der Waals surface area contributed by atoms with Gasteiger partial charge in [0.2, 0.25) is 0 Å². The van der Waals surface area contributed by atoms with Crippen LogP contribution in [-0.4, -0.2) is 11.2 Å². The summed E-state index contributed by atoms with van der Waals surface area (Å²) in [6.07, 6.45) is 0.615. The number of aliphatic hydroxyl groups is 1. The first kappa shape index (κ1) is 12.3. The van der Waals surface area contributed by atoms with Gasteiger partial charge in [-0.3, -0.25) is 0 Å². The van der Waals surface area contributed by atoms with Gasteiger partial charge in [-0.25, -0.2) is 0 Å². The van der Waals surface area contributed by atoms with E-state index in [1.165, 1.54) is 22.3 Å². The highest BCUT2D eigenvalue weighted by molar-refractivity contribution is 5.38. The van der Waals surface area contributed by atoms with Crippen molar-refractivity contribution in [3.05, 3.63) is 34.4 Å². The Balaban J connectivity index is 2.98. The van der Waals surface area contributed by atoms with Gasteiger partial charge in [-0.2, -0.15) is 0 Å². The molecule has 1 aromatic rings. The maximum Gasteiger partial charge on any atom is 0.0517 e. The van der Waals surface area contributed by atoms with Crippen LogP contribution in [0.2, 0.25) is 0 Å². The quantitative estimate of drug-likeness (QED) is 0.802. The second-order valence-corrected chi connectivity index (χ2v) is 4.78. The third-order valence-corrected chi connectivity index (χ3v) is 3.11. The zero-order valence-corrected chi connectivity index (χ0v) is 10.5. The summed E-state index contributed by atoms with van der Waals surface area (Å²) in [6.45, 7) is 10.5. The lowest BCUT2D eigenvalue weighted by Crippen LogP contribution is -2.07. The minimum atomic E-state index is -0.221. The van der Waals surface area contributed by atoms with Crippen molar-refractivity contribution in [1.82, 2.24) is 0 Å². The van der Waals surface area contributed by atoms with E-state index in [0.717, 1.165) is 6.42 Å². The van der Waals surface area contributed by atoms with E-state index in [1.54, 1.807) is 0 Å². The third kappa shape index (κ3) is 3.07. The van der Waals surface area contributed by atoms with Crippen molar-refractivity contribution in [1.29, 1.82) is 0 Å². The van der Waals surface area contributed by atoms with Crippen LogP contribution >= 0.6 is 0 Å². The topological polar surface area (TPSA) is 20.2 Å². The molecule has 15 heavy (non-hydrogen) atoms. The van der Waals surface area contributed by atoms with Crippen LogP contribution in [-0.2, 0) is 0 Å². The van der Waals surface area contributed by atoms with Crippen molar-refractivity contribution in [2.24, 2.45) is 0 Å². The minimum absolute atomic E-state index is 0.221. The van der Waals surface area contributed by atoms with Crippen molar-refractivity contribution in [2.75, 3.05) is 0 Å². The molecule has 0 aliphatic carbocycles. The van der Waals surface area contributed by atoms with Gasteiger partial charge in [0, 0.05) is 0 Å². The Bertz CT molecular complexity index is 339. The van der Waals surface area contributed by atoms with Crippen LogP contribution in [0.15, 0.2) is 12.1 Å². The van der Waals surface area contributed by atoms with Gasteiger partial charge in [0.15, 0.2) is 0 Å². The number of aliphatic hydroxyl groups excluding tert-OH is 1. The fraction of sp³-hybridized carbons (Fsp3) is 0.571. The molecule has 1 aromatic carbocycles. The first-order valence-corrected chi connectivity index (χ1v) is 5.67. The van der Waals surface area contributed by atoms with Crippen LogP contribution in [0.1, 0.15) is 48.4 Å². The van der Waals surface area contributed by atoms with Crippen molar-refractivity contribution in [3.63, 3.8) is 0 Å².